The van der Waals surface area contributed by atoms with Gasteiger partial charge in [0.05, 0.1) is 24.1 Å². The lowest BCUT2D eigenvalue weighted by atomic mass is 10.2. The molecule has 0 saturated heterocycles. The van der Waals surface area contributed by atoms with Crippen molar-refractivity contribution in [1.82, 2.24) is 9.55 Å². The van der Waals surface area contributed by atoms with Crippen LogP contribution < -0.4 is 0 Å². The van der Waals surface area contributed by atoms with Gasteiger partial charge in [-0.2, -0.15) is 0 Å². The number of imidazole rings is 1. The Balaban J connectivity index is 0.000000713. The molecule has 0 aliphatic rings. The lowest BCUT2D eigenvalue weighted by Crippen LogP contribution is -2.01. The van der Waals surface area contributed by atoms with Crippen molar-refractivity contribution in [2.45, 2.75) is 40.0 Å². The minimum Gasteiger partial charge on any atom is -0.465 e. The van der Waals surface area contributed by atoms with E-state index in [1.807, 2.05) is 31.5 Å². The summed E-state index contributed by atoms with van der Waals surface area (Å²) in [6, 6.07) is 5.39. The number of hydrogen-bond donors (Lipinski definition) is 0. The van der Waals surface area contributed by atoms with Crippen LogP contribution >= 0.6 is 11.6 Å². The first-order valence-electron chi connectivity index (χ1n) is 7.19. The van der Waals surface area contributed by atoms with Crippen molar-refractivity contribution < 1.29 is 9.53 Å². The normalized spacial score (nSPS) is 9.29. The van der Waals surface area contributed by atoms with Crippen LogP contribution in [0.1, 0.15) is 50.3 Å². The third kappa shape index (κ3) is 4.74. The van der Waals surface area contributed by atoms with Crippen LogP contribution in [0.4, 0.5) is 0 Å². The van der Waals surface area contributed by atoms with Gasteiger partial charge < -0.3 is 9.30 Å². The predicted octanol–water partition coefficient (Wildman–Crippen LogP) is 4.54. The Labute approximate surface area is 132 Å². The minimum atomic E-state index is -0.384. The second-order valence-electron chi connectivity index (χ2n) is 4.09. The second kappa shape index (κ2) is 10.2. The molecule has 0 amide bonds. The Kier molecular flexibility index (Phi) is 9.46. The number of carbonyl (C=O) groups excluding carboxylic acids is 1. The fourth-order valence-corrected chi connectivity index (χ4v) is 1.90. The molecule has 0 radical (unpaired) electrons. The maximum Gasteiger partial charge on any atom is 0.340 e. The second-order valence-corrected chi connectivity index (χ2v) is 4.36. The Morgan fingerprint density at radius 1 is 1.33 bits per heavy atom. The smallest absolute Gasteiger partial charge is 0.340 e. The monoisotopic (exact) mass is 312 g/mol. The van der Waals surface area contributed by atoms with Crippen LogP contribution in [-0.4, -0.2) is 22.6 Å². The van der Waals surface area contributed by atoms with Gasteiger partial charge in [-0.15, -0.1) is 11.6 Å². The van der Waals surface area contributed by atoms with Gasteiger partial charge in [0.15, 0.2) is 0 Å². The average molecular weight is 313 g/mol. The van der Waals surface area contributed by atoms with Crippen LogP contribution in [-0.2, 0) is 17.7 Å². The lowest BCUT2D eigenvalue weighted by molar-refractivity contribution is 0.0603. The summed E-state index contributed by atoms with van der Waals surface area (Å²) in [6.45, 7) is 8.25. The molecule has 0 unspecified atom stereocenters. The summed E-state index contributed by atoms with van der Waals surface area (Å²) in [6.07, 6.45) is 1.25. The van der Waals surface area contributed by atoms with Crippen LogP contribution in [0.15, 0.2) is 18.2 Å². The van der Waals surface area contributed by atoms with Gasteiger partial charge in [-0.05, 0) is 12.1 Å². The fourth-order valence-electron chi connectivity index (χ4n) is 1.66. The number of fused-ring (bicyclic) bond motifs is 1. The maximum absolute atomic E-state index is 11.5. The summed E-state index contributed by atoms with van der Waals surface area (Å²) >= 11 is 5.77. The average Bonchev–Trinajstić information content (AvgIpc) is 2.86. The number of hydrogen-bond acceptors (Lipinski definition) is 3. The van der Waals surface area contributed by atoms with Gasteiger partial charge in [0.2, 0.25) is 0 Å². The van der Waals surface area contributed by atoms with E-state index in [2.05, 4.69) is 18.8 Å². The zero-order chi connectivity index (χ0) is 16.4. The van der Waals surface area contributed by atoms with Gasteiger partial charge in [0, 0.05) is 7.05 Å². The highest BCUT2D eigenvalue weighted by Crippen LogP contribution is 2.20. The number of aryl methyl sites for hydroxylation is 1. The molecule has 1 aromatic heterocycles. The number of alkyl halides is 1. The summed E-state index contributed by atoms with van der Waals surface area (Å²) in [5.41, 5.74) is 1.97. The molecule has 0 spiro atoms. The number of carbonyl (C=O) groups is 1. The Morgan fingerprint density at radius 3 is 2.38 bits per heavy atom. The van der Waals surface area contributed by atoms with Crippen molar-refractivity contribution in [2.24, 2.45) is 7.05 Å². The Bertz CT molecular complexity index is 565. The molecule has 0 atom stereocenters. The molecule has 0 bridgehead atoms. The molecule has 2 rings (SSSR count). The zero-order valence-electron chi connectivity index (χ0n) is 13.7. The Morgan fingerprint density at radius 2 is 1.90 bits per heavy atom. The van der Waals surface area contributed by atoms with E-state index in [1.54, 1.807) is 12.1 Å². The third-order valence-electron chi connectivity index (χ3n) is 2.53. The van der Waals surface area contributed by atoms with E-state index < -0.39 is 0 Å². The summed E-state index contributed by atoms with van der Waals surface area (Å²) < 4.78 is 6.58. The van der Waals surface area contributed by atoms with Crippen molar-refractivity contribution in [3.8, 4) is 0 Å². The summed E-state index contributed by atoms with van der Waals surface area (Å²) in [4.78, 5) is 15.9. The van der Waals surface area contributed by atoms with Crippen molar-refractivity contribution in [3.05, 3.63) is 29.6 Å². The first-order chi connectivity index (χ1) is 10.1. The van der Waals surface area contributed by atoms with Crippen molar-refractivity contribution in [1.29, 1.82) is 0 Å². The number of benzene rings is 1. The molecule has 21 heavy (non-hydrogen) atoms. The number of ether oxygens (including phenoxy) is 1. The fraction of sp³-hybridized carbons (Fsp3) is 0.500. The quantitative estimate of drug-likeness (QED) is 0.604. The van der Waals surface area contributed by atoms with E-state index in [-0.39, 0.29) is 5.97 Å². The first kappa shape index (κ1) is 19.4. The van der Waals surface area contributed by atoms with Gasteiger partial charge in [0.25, 0.3) is 0 Å². The Hall–Kier alpha value is -1.55. The van der Waals surface area contributed by atoms with Gasteiger partial charge in [-0.1, -0.05) is 40.2 Å². The predicted molar refractivity (Wildman–Crippen MR) is 88.9 cm³/mol. The van der Waals surface area contributed by atoms with Crippen molar-refractivity contribution in [2.75, 3.05) is 7.11 Å². The number of methoxy groups -OCH3 is 1. The van der Waals surface area contributed by atoms with Crippen LogP contribution in [0.3, 0.4) is 0 Å². The minimum absolute atomic E-state index is 0.311. The molecule has 4 nitrogen and oxygen atoms in total. The van der Waals surface area contributed by atoms with E-state index in [0.29, 0.717) is 17.0 Å². The molecule has 0 saturated carbocycles. The van der Waals surface area contributed by atoms with Gasteiger partial charge in [-0.25, -0.2) is 9.78 Å². The number of esters is 1. The molecule has 5 heteroatoms. The molecule has 2 aromatic rings. The third-order valence-corrected chi connectivity index (χ3v) is 2.77. The molecular formula is C16H25ClN2O2. The first-order valence-corrected chi connectivity index (χ1v) is 7.72. The largest absolute Gasteiger partial charge is 0.465 e. The number of para-hydroxylation sites is 1. The maximum atomic E-state index is 11.5. The van der Waals surface area contributed by atoms with Crippen LogP contribution in [0, 0.1) is 0 Å². The van der Waals surface area contributed by atoms with Gasteiger partial charge >= 0.3 is 5.97 Å². The van der Waals surface area contributed by atoms with Crippen molar-refractivity contribution in [3.63, 3.8) is 0 Å². The molecule has 1 heterocycles. The van der Waals surface area contributed by atoms with Crippen LogP contribution in [0.25, 0.3) is 11.0 Å². The highest BCUT2D eigenvalue weighted by atomic mass is 35.5. The summed E-state index contributed by atoms with van der Waals surface area (Å²) in [5.74, 6) is 0.657. The highest BCUT2D eigenvalue weighted by Gasteiger charge is 2.15. The topological polar surface area (TPSA) is 44.1 Å². The molecule has 1 aromatic carbocycles. The van der Waals surface area contributed by atoms with Gasteiger partial charge in [0.1, 0.15) is 11.3 Å². The molecule has 0 N–H and O–H groups in total. The number of nitrogens with zero attached hydrogens (tertiary/aromatic N) is 2. The van der Waals surface area contributed by atoms with Crippen molar-refractivity contribution >= 4 is 28.6 Å². The zero-order valence-corrected chi connectivity index (χ0v) is 14.5. The van der Waals surface area contributed by atoms with Crippen LogP contribution in [0.5, 0.6) is 0 Å². The van der Waals surface area contributed by atoms with E-state index in [4.69, 9.17) is 16.3 Å². The van der Waals surface area contributed by atoms with E-state index >= 15 is 0 Å². The SMILES string of the molecule is CC.CCC.COC(=O)c1cccc2c1nc(CCl)n2C. The summed E-state index contributed by atoms with van der Waals surface area (Å²) in [5, 5.41) is 0. The van der Waals surface area contributed by atoms with E-state index in [0.717, 1.165) is 11.3 Å². The standard InChI is InChI=1S/C11H11ClN2O2.C3H8.C2H6/c1-14-8-5-3-4-7(11(15)16-2)10(8)13-9(14)6-12;1-3-2;1-2/h3-5H,6H2,1-2H3;3H2,1-2H3;1-2H3. The van der Waals surface area contributed by atoms with Gasteiger partial charge in [-0.3, -0.25) is 0 Å². The molecule has 0 aliphatic heterocycles. The molecule has 0 fully saturated rings. The number of halogens is 1. The lowest BCUT2D eigenvalue weighted by Gasteiger charge is -2.00. The van der Waals surface area contributed by atoms with E-state index in [1.165, 1.54) is 13.5 Å². The summed E-state index contributed by atoms with van der Waals surface area (Å²) in [7, 11) is 3.22. The molecule has 0 aliphatic carbocycles. The van der Waals surface area contributed by atoms with E-state index in [9.17, 15) is 4.79 Å². The number of aromatic nitrogens is 2. The van der Waals surface area contributed by atoms with Crippen LogP contribution in [0.2, 0.25) is 0 Å². The number of rotatable bonds is 2. The molecule has 118 valence electrons. The highest BCUT2D eigenvalue weighted by molar-refractivity contribution is 6.17. The molecular weight excluding hydrogens is 288 g/mol.